The normalized spacial score (nSPS) is 12.7. The van der Waals surface area contributed by atoms with Crippen LogP contribution in [0, 0.1) is 12.7 Å². The summed E-state index contributed by atoms with van der Waals surface area (Å²) in [4.78, 5) is 12.3. The summed E-state index contributed by atoms with van der Waals surface area (Å²) >= 11 is 0. The molecule has 0 saturated heterocycles. The molecule has 0 aliphatic rings. The Hall–Kier alpha value is -2.45. The monoisotopic (exact) mass is 394 g/mol. The number of carbonyl (C=O) groups is 1. The molecule has 2 rings (SSSR count). The molecule has 0 aliphatic heterocycles. The van der Waals surface area contributed by atoms with Crippen molar-refractivity contribution in [3.05, 3.63) is 59.4 Å². The average Bonchev–Trinajstić information content (AvgIpc) is 2.61. The van der Waals surface area contributed by atoms with Gasteiger partial charge in [0.1, 0.15) is 11.6 Å². The van der Waals surface area contributed by atoms with Crippen LogP contribution in [-0.4, -0.2) is 39.3 Å². The smallest absolute Gasteiger partial charge is 0.243 e. The van der Waals surface area contributed by atoms with Crippen molar-refractivity contribution in [3.63, 3.8) is 0 Å². The van der Waals surface area contributed by atoms with Crippen molar-refractivity contribution < 1.29 is 22.3 Å². The lowest BCUT2D eigenvalue weighted by Gasteiger charge is -2.21. The van der Waals surface area contributed by atoms with Gasteiger partial charge in [-0.3, -0.25) is 4.79 Å². The molecule has 1 N–H and O–H groups in total. The minimum Gasteiger partial charge on any atom is -0.496 e. The molecule has 0 aliphatic carbocycles. The van der Waals surface area contributed by atoms with Gasteiger partial charge in [0.05, 0.1) is 24.6 Å². The molecular formula is C19H23FN2O4S. The van der Waals surface area contributed by atoms with Crippen molar-refractivity contribution in [1.82, 2.24) is 9.62 Å². The second-order valence-corrected chi connectivity index (χ2v) is 8.29. The molecule has 6 nitrogen and oxygen atoms in total. The number of hydrogen-bond donors (Lipinski definition) is 1. The summed E-state index contributed by atoms with van der Waals surface area (Å²) < 4.78 is 44.2. The fraction of sp³-hybridized carbons (Fsp3) is 0.316. The number of likely N-dealkylation sites (N-methyl/N-ethyl adjacent to an activating group) is 1. The molecule has 8 heteroatoms. The zero-order chi connectivity index (χ0) is 20.2. The molecule has 1 amide bonds. The predicted molar refractivity (Wildman–Crippen MR) is 101 cm³/mol. The number of nitrogens with zero attached hydrogens (tertiary/aromatic N) is 1. The van der Waals surface area contributed by atoms with Crippen LogP contribution >= 0.6 is 0 Å². The molecule has 0 bridgehead atoms. The van der Waals surface area contributed by atoms with Crippen LogP contribution in [0.1, 0.15) is 24.1 Å². The first kappa shape index (κ1) is 20.9. The molecule has 0 heterocycles. The largest absolute Gasteiger partial charge is 0.496 e. The molecule has 0 fully saturated rings. The van der Waals surface area contributed by atoms with Gasteiger partial charge in [-0.15, -0.1) is 0 Å². The van der Waals surface area contributed by atoms with Crippen LogP contribution in [0.5, 0.6) is 5.75 Å². The summed E-state index contributed by atoms with van der Waals surface area (Å²) in [5, 5.41) is 2.78. The zero-order valence-corrected chi connectivity index (χ0v) is 16.5. The van der Waals surface area contributed by atoms with Gasteiger partial charge in [0.15, 0.2) is 0 Å². The van der Waals surface area contributed by atoms with Gasteiger partial charge in [-0.2, -0.15) is 4.31 Å². The van der Waals surface area contributed by atoms with Gasteiger partial charge in [0, 0.05) is 12.6 Å². The highest BCUT2D eigenvalue weighted by molar-refractivity contribution is 7.89. The first-order chi connectivity index (χ1) is 12.6. The van der Waals surface area contributed by atoms with Crippen LogP contribution in [0.25, 0.3) is 0 Å². The van der Waals surface area contributed by atoms with Gasteiger partial charge >= 0.3 is 0 Å². The Kier molecular flexibility index (Phi) is 6.56. The Morgan fingerprint density at radius 3 is 2.44 bits per heavy atom. The molecule has 2 aromatic rings. The summed E-state index contributed by atoms with van der Waals surface area (Å²) in [5.41, 5.74) is 1.82. The zero-order valence-electron chi connectivity index (χ0n) is 15.7. The van der Waals surface area contributed by atoms with E-state index in [1.807, 2.05) is 25.1 Å². The van der Waals surface area contributed by atoms with Gasteiger partial charge in [0.25, 0.3) is 0 Å². The van der Waals surface area contributed by atoms with E-state index in [2.05, 4.69) is 5.32 Å². The number of nitrogens with one attached hydrogen (secondary N) is 1. The molecular weight excluding hydrogens is 371 g/mol. The molecule has 0 radical (unpaired) electrons. The van der Waals surface area contributed by atoms with Gasteiger partial charge in [0.2, 0.25) is 15.9 Å². The van der Waals surface area contributed by atoms with E-state index in [0.717, 1.165) is 27.6 Å². The van der Waals surface area contributed by atoms with Crippen molar-refractivity contribution in [1.29, 1.82) is 0 Å². The highest BCUT2D eigenvalue weighted by atomic mass is 32.2. The third-order valence-electron chi connectivity index (χ3n) is 4.12. The van der Waals surface area contributed by atoms with Crippen molar-refractivity contribution >= 4 is 15.9 Å². The Morgan fingerprint density at radius 2 is 1.85 bits per heavy atom. The van der Waals surface area contributed by atoms with Gasteiger partial charge in [-0.05, 0) is 44.2 Å². The first-order valence-corrected chi connectivity index (χ1v) is 9.75. The highest BCUT2D eigenvalue weighted by Gasteiger charge is 2.24. The van der Waals surface area contributed by atoms with E-state index in [1.165, 1.54) is 19.2 Å². The number of carbonyl (C=O) groups excluding carboxylic acids is 1. The minimum atomic E-state index is -3.89. The van der Waals surface area contributed by atoms with E-state index < -0.39 is 21.7 Å². The number of halogens is 1. The molecule has 1 unspecified atom stereocenters. The second-order valence-electron chi connectivity index (χ2n) is 6.25. The fourth-order valence-electron chi connectivity index (χ4n) is 2.63. The molecule has 146 valence electrons. The van der Waals surface area contributed by atoms with E-state index in [0.29, 0.717) is 5.75 Å². The van der Waals surface area contributed by atoms with Crippen LogP contribution < -0.4 is 10.1 Å². The Balaban J connectivity index is 2.08. The van der Waals surface area contributed by atoms with Crippen LogP contribution in [-0.2, 0) is 14.8 Å². The lowest BCUT2D eigenvalue weighted by molar-refractivity contribution is -0.121. The molecule has 0 saturated carbocycles. The summed E-state index contributed by atoms with van der Waals surface area (Å²) in [6.45, 7) is 3.36. The fourth-order valence-corrected chi connectivity index (χ4v) is 3.76. The second kappa shape index (κ2) is 8.49. The van der Waals surface area contributed by atoms with Crippen molar-refractivity contribution in [2.75, 3.05) is 20.7 Å². The van der Waals surface area contributed by atoms with Crippen LogP contribution in [0.2, 0.25) is 0 Å². The van der Waals surface area contributed by atoms with Gasteiger partial charge in [-0.1, -0.05) is 17.7 Å². The molecule has 27 heavy (non-hydrogen) atoms. The molecule has 2 aromatic carbocycles. The van der Waals surface area contributed by atoms with Crippen molar-refractivity contribution in [2.45, 2.75) is 24.8 Å². The lowest BCUT2D eigenvalue weighted by atomic mass is 10.0. The number of amides is 1. The number of rotatable bonds is 7. The number of methoxy groups -OCH3 is 1. The van der Waals surface area contributed by atoms with E-state index >= 15 is 0 Å². The Labute approximate surface area is 159 Å². The SMILES string of the molecule is COc1ccc(C)cc1C(C)NC(=O)CN(C)S(=O)(=O)c1ccc(F)cc1. The Morgan fingerprint density at radius 1 is 1.22 bits per heavy atom. The predicted octanol–water partition coefficient (Wildman–Crippen LogP) is 2.64. The average molecular weight is 394 g/mol. The van der Waals surface area contributed by atoms with Crippen molar-refractivity contribution in [2.24, 2.45) is 0 Å². The molecule has 0 aromatic heterocycles. The number of ether oxygens (including phenoxy) is 1. The number of hydrogen-bond acceptors (Lipinski definition) is 4. The van der Waals surface area contributed by atoms with Gasteiger partial charge < -0.3 is 10.1 Å². The summed E-state index contributed by atoms with van der Waals surface area (Å²) in [6, 6.07) is 9.72. The van der Waals surface area contributed by atoms with Crippen LogP contribution in [0.15, 0.2) is 47.4 Å². The third-order valence-corrected chi connectivity index (χ3v) is 5.93. The lowest BCUT2D eigenvalue weighted by Crippen LogP contribution is -2.39. The first-order valence-electron chi connectivity index (χ1n) is 8.31. The summed E-state index contributed by atoms with van der Waals surface area (Å²) in [6.07, 6.45) is 0. The summed E-state index contributed by atoms with van der Waals surface area (Å²) in [7, 11) is -1.04. The minimum absolute atomic E-state index is 0.0763. The maximum Gasteiger partial charge on any atom is 0.243 e. The Bertz CT molecular complexity index is 914. The quantitative estimate of drug-likeness (QED) is 0.783. The number of sulfonamides is 1. The maximum absolute atomic E-state index is 13.0. The molecule has 0 spiro atoms. The number of aryl methyl sites for hydroxylation is 1. The molecule has 1 atom stereocenters. The highest BCUT2D eigenvalue weighted by Crippen LogP contribution is 2.26. The number of benzene rings is 2. The topological polar surface area (TPSA) is 75.7 Å². The van der Waals surface area contributed by atoms with E-state index in [-0.39, 0.29) is 17.5 Å². The van der Waals surface area contributed by atoms with E-state index in [9.17, 15) is 17.6 Å². The third kappa shape index (κ3) is 5.05. The van der Waals surface area contributed by atoms with E-state index in [4.69, 9.17) is 4.74 Å². The van der Waals surface area contributed by atoms with Crippen LogP contribution in [0.4, 0.5) is 4.39 Å². The van der Waals surface area contributed by atoms with Gasteiger partial charge in [-0.25, -0.2) is 12.8 Å². The van der Waals surface area contributed by atoms with E-state index in [1.54, 1.807) is 14.0 Å². The maximum atomic E-state index is 13.0. The van der Waals surface area contributed by atoms with Crippen molar-refractivity contribution in [3.8, 4) is 5.75 Å². The van der Waals surface area contributed by atoms with Crippen LogP contribution in [0.3, 0.4) is 0 Å². The summed E-state index contributed by atoms with van der Waals surface area (Å²) in [5.74, 6) is -0.352. The standard InChI is InChI=1S/C19H23FN2O4S/c1-13-5-10-18(26-4)17(11-13)14(2)21-19(23)12-22(3)27(24,25)16-8-6-15(20)7-9-16/h5-11,14H,12H2,1-4H3,(H,21,23).